The molecule has 0 heterocycles. The van der Waals surface area contributed by atoms with Gasteiger partial charge in [0.1, 0.15) is 12.1 Å². The van der Waals surface area contributed by atoms with Gasteiger partial charge in [0.05, 0.1) is 0 Å². The average Bonchev–Trinajstić information content (AvgIpc) is 2.40. The molecule has 2 N–H and O–H groups in total. The first kappa shape index (κ1) is 15.2. The molecule has 2 rings (SSSR count). The summed E-state index contributed by atoms with van der Waals surface area (Å²) in [6, 6.07) is 8.84. The normalized spacial score (nSPS) is 24.2. The predicted octanol–water partition coefficient (Wildman–Crippen LogP) is 2.41. The van der Waals surface area contributed by atoms with Crippen LogP contribution in [0, 0.1) is 5.92 Å². The van der Waals surface area contributed by atoms with Crippen LogP contribution in [0.5, 0.6) is 0 Å². The van der Waals surface area contributed by atoms with E-state index in [4.69, 9.17) is 9.84 Å². The van der Waals surface area contributed by atoms with Gasteiger partial charge in [-0.15, -0.1) is 0 Å². The van der Waals surface area contributed by atoms with Gasteiger partial charge in [0.15, 0.2) is 0 Å². The molecule has 1 fully saturated rings. The van der Waals surface area contributed by atoms with E-state index in [0.717, 1.165) is 5.56 Å². The van der Waals surface area contributed by atoms with Crippen molar-refractivity contribution in [3.63, 3.8) is 0 Å². The third-order valence-electron chi connectivity index (χ3n) is 3.54. The van der Waals surface area contributed by atoms with Crippen molar-refractivity contribution >= 4 is 12.1 Å². The van der Waals surface area contributed by atoms with Gasteiger partial charge in [-0.2, -0.15) is 0 Å². The number of carbonyl (C=O) groups excluding carboxylic acids is 1. The van der Waals surface area contributed by atoms with Crippen LogP contribution >= 0.6 is 0 Å². The minimum Gasteiger partial charge on any atom is -0.480 e. The number of ether oxygens (including phenoxy) is 1. The molecule has 1 saturated carbocycles. The quantitative estimate of drug-likeness (QED) is 0.875. The number of nitrogens with one attached hydrogen (secondary N) is 1. The maximum atomic E-state index is 12.5. The Morgan fingerprint density at radius 1 is 1.33 bits per heavy atom. The minimum atomic E-state index is -2.58. The number of carboxylic acids is 1. The monoisotopic (exact) mass is 299 g/mol. The zero-order valence-corrected chi connectivity index (χ0v) is 11.1. The van der Waals surface area contributed by atoms with E-state index >= 15 is 0 Å². The van der Waals surface area contributed by atoms with Crippen LogP contribution in [0.4, 0.5) is 13.6 Å². The van der Waals surface area contributed by atoms with Crippen molar-refractivity contribution in [3.05, 3.63) is 35.9 Å². The fourth-order valence-corrected chi connectivity index (χ4v) is 2.30. The van der Waals surface area contributed by atoms with Gasteiger partial charge in [-0.05, 0) is 18.4 Å². The summed E-state index contributed by atoms with van der Waals surface area (Å²) in [6.07, 6.45) is -4.09. The van der Waals surface area contributed by atoms with Crippen LogP contribution in [-0.4, -0.2) is 29.1 Å². The molecule has 1 aromatic carbocycles. The molecule has 1 amide bonds. The molecular weight excluding hydrogens is 284 g/mol. The summed E-state index contributed by atoms with van der Waals surface area (Å²) >= 11 is 0. The molecule has 7 heteroatoms. The van der Waals surface area contributed by atoms with Crippen molar-refractivity contribution in [2.75, 3.05) is 0 Å². The molecule has 0 atom stereocenters. The Kier molecular flexibility index (Phi) is 4.40. The smallest absolute Gasteiger partial charge is 0.408 e. The number of halogens is 2. The largest absolute Gasteiger partial charge is 0.480 e. The number of amides is 1. The molecule has 1 aliphatic rings. The van der Waals surface area contributed by atoms with E-state index in [2.05, 4.69) is 5.32 Å². The lowest BCUT2D eigenvalue weighted by Gasteiger charge is -2.43. The number of benzene rings is 1. The summed E-state index contributed by atoms with van der Waals surface area (Å²) in [6.45, 7) is -0.0132. The SMILES string of the molecule is O=C(NC1(C(=O)O)CC(C(F)F)C1)OCc1ccccc1. The molecule has 114 valence electrons. The summed E-state index contributed by atoms with van der Waals surface area (Å²) in [5, 5.41) is 11.3. The zero-order chi connectivity index (χ0) is 15.5. The van der Waals surface area contributed by atoms with Crippen LogP contribution in [0.1, 0.15) is 18.4 Å². The lowest BCUT2D eigenvalue weighted by molar-refractivity contribution is -0.154. The summed E-state index contributed by atoms with van der Waals surface area (Å²) in [4.78, 5) is 22.8. The van der Waals surface area contributed by atoms with E-state index in [1.807, 2.05) is 6.07 Å². The molecule has 5 nitrogen and oxygen atoms in total. The van der Waals surface area contributed by atoms with Gasteiger partial charge in [0, 0.05) is 5.92 Å². The second-order valence-corrected chi connectivity index (χ2v) is 5.08. The van der Waals surface area contributed by atoms with Gasteiger partial charge < -0.3 is 15.2 Å². The minimum absolute atomic E-state index is 0.0132. The molecule has 0 bridgehead atoms. The van der Waals surface area contributed by atoms with E-state index < -0.39 is 29.9 Å². The number of aliphatic carboxylic acids is 1. The number of carboxylic acid groups (broad SMARTS) is 1. The topological polar surface area (TPSA) is 75.6 Å². The lowest BCUT2D eigenvalue weighted by atomic mass is 9.68. The highest BCUT2D eigenvalue weighted by atomic mass is 19.3. The van der Waals surface area contributed by atoms with Gasteiger partial charge in [-0.1, -0.05) is 30.3 Å². The van der Waals surface area contributed by atoms with Crippen LogP contribution in [0.2, 0.25) is 0 Å². The Morgan fingerprint density at radius 2 is 1.95 bits per heavy atom. The number of hydrogen-bond acceptors (Lipinski definition) is 3. The van der Waals surface area contributed by atoms with Crippen molar-refractivity contribution in [1.82, 2.24) is 5.32 Å². The van der Waals surface area contributed by atoms with Crippen LogP contribution in [0.25, 0.3) is 0 Å². The van der Waals surface area contributed by atoms with E-state index in [-0.39, 0.29) is 19.4 Å². The van der Waals surface area contributed by atoms with Crippen molar-refractivity contribution in [1.29, 1.82) is 0 Å². The Hall–Kier alpha value is -2.18. The van der Waals surface area contributed by atoms with Gasteiger partial charge in [0.2, 0.25) is 6.43 Å². The number of rotatable bonds is 5. The molecule has 0 spiro atoms. The van der Waals surface area contributed by atoms with Crippen LogP contribution in [0.15, 0.2) is 30.3 Å². The summed E-state index contributed by atoms with van der Waals surface area (Å²) < 4.78 is 29.8. The van der Waals surface area contributed by atoms with Gasteiger partial charge in [0.25, 0.3) is 0 Å². The Labute approximate surface area is 119 Å². The molecule has 0 aromatic heterocycles. The third kappa shape index (κ3) is 3.48. The number of hydrogen-bond donors (Lipinski definition) is 2. The predicted molar refractivity (Wildman–Crippen MR) is 68.9 cm³/mol. The average molecular weight is 299 g/mol. The van der Waals surface area contributed by atoms with Crippen LogP contribution in [0.3, 0.4) is 0 Å². The summed E-state index contributed by atoms with van der Waals surface area (Å²) in [5.74, 6) is -2.33. The van der Waals surface area contributed by atoms with Crippen molar-refractivity contribution < 1.29 is 28.2 Å². The molecule has 1 aliphatic carbocycles. The molecule has 21 heavy (non-hydrogen) atoms. The van der Waals surface area contributed by atoms with E-state index in [1.165, 1.54) is 0 Å². The highest BCUT2D eigenvalue weighted by Gasteiger charge is 2.54. The zero-order valence-electron chi connectivity index (χ0n) is 11.1. The van der Waals surface area contributed by atoms with Crippen LogP contribution in [-0.2, 0) is 16.1 Å². The van der Waals surface area contributed by atoms with Gasteiger partial charge >= 0.3 is 12.1 Å². The first-order valence-corrected chi connectivity index (χ1v) is 6.43. The first-order valence-electron chi connectivity index (χ1n) is 6.43. The standard InChI is InChI=1S/C14H15F2NO4/c15-11(16)10-6-14(7-10,12(18)19)17-13(20)21-8-9-4-2-1-3-5-9/h1-5,10-11H,6-8H2,(H,17,20)(H,18,19). The summed E-state index contributed by atoms with van der Waals surface area (Å²) in [5.41, 5.74) is -0.898. The molecule has 0 unspecified atom stereocenters. The lowest BCUT2D eigenvalue weighted by Crippen LogP contribution is -2.63. The number of alkyl carbamates (subject to hydrolysis) is 1. The highest BCUT2D eigenvalue weighted by Crippen LogP contribution is 2.41. The van der Waals surface area contributed by atoms with Gasteiger partial charge in [-0.25, -0.2) is 18.4 Å². The van der Waals surface area contributed by atoms with E-state index in [1.54, 1.807) is 24.3 Å². The number of alkyl halides is 2. The molecular formula is C14H15F2NO4. The summed E-state index contributed by atoms with van der Waals surface area (Å²) in [7, 11) is 0. The molecule has 0 aliphatic heterocycles. The second-order valence-electron chi connectivity index (χ2n) is 5.08. The van der Waals surface area contributed by atoms with Crippen molar-refractivity contribution in [3.8, 4) is 0 Å². The maximum Gasteiger partial charge on any atom is 0.408 e. The Balaban J connectivity index is 1.87. The molecule has 0 saturated heterocycles. The Morgan fingerprint density at radius 3 is 2.48 bits per heavy atom. The second kappa shape index (κ2) is 6.07. The highest BCUT2D eigenvalue weighted by molar-refractivity contribution is 5.85. The van der Waals surface area contributed by atoms with E-state index in [0.29, 0.717) is 0 Å². The number of carbonyl (C=O) groups is 2. The third-order valence-corrected chi connectivity index (χ3v) is 3.54. The molecule has 0 radical (unpaired) electrons. The Bertz CT molecular complexity index is 515. The van der Waals surface area contributed by atoms with Crippen LogP contribution < -0.4 is 5.32 Å². The fraction of sp³-hybridized carbons (Fsp3) is 0.429. The van der Waals surface area contributed by atoms with Crippen molar-refractivity contribution in [2.24, 2.45) is 5.92 Å². The molecule has 1 aromatic rings. The van der Waals surface area contributed by atoms with Gasteiger partial charge in [-0.3, -0.25) is 0 Å². The first-order chi connectivity index (χ1) is 9.93. The maximum absolute atomic E-state index is 12.5. The van der Waals surface area contributed by atoms with Crippen molar-refractivity contribution in [2.45, 2.75) is 31.4 Å². The fourth-order valence-electron chi connectivity index (χ4n) is 2.30. The van der Waals surface area contributed by atoms with E-state index in [9.17, 15) is 18.4 Å².